The first kappa shape index (κ1) is 24.0. The predicted molar refractivity (Wildman–Crippen MR) is 131 cm³/mol. The number of nitrogens with zero attached hydrogens (tertiary/aromatic N) is 2. The van der Waals surface area contributed by atoms with E-state index in [1.165, 1.54) is 0 Å². The molecule has 1 N–H and O–H groups in total. The highest BCUT2D eigenvalue weighted by molar-refractivity contribution is 6.46. The highest BCUT2D eigenvalue weighted by atomic mass is 16.7. The number of hydrogen-bond donors (Lipinski definition) is 1. The molecule has 2 aromatic carbocycles. The Labute approximate surface area is 209 Å². The first-order valence-corrected chi connectivity index (χ1v) is 12.2. The van der Waals surface area contributed by atoms with Gasteiger partial charge in [-0.1, -0.05) is 6.07 Å². The summed E-state index contributed by atoms with van der Waals surface area (Å²) in [6.07, 6.45) is 2.25. The summed E-state index contributed by atoms with van der Waals surface area (Å²) in [5.41, 5.74) is 1.06. The van der Waals surface area contributed by atoms with Crippen molar-refractivity contribution < 1.29 is 33.6 Å². The van der Waals surface area contributed by atoms with Crippen LogP contribution in [-0.2, 0) is 9.59 Å². The van der Waals surface area contributed by atoms with Gasteiger partial charge in [0, 0.05) is 18.7 Å². The number of aliphatic hydroxyl groups excluding tert-OH is 1. The van der Waals surface area contributed by atoms with Crippen molar-refractivity contribution in [2.24, 2.45) is 0 Å². The quantitative estimate of drug-likeness (QED) is 0.339. The number of methoxy groups -OCH3 is 1. The summed E-state index contributed by atoms with van der Waals surface area (Å²) in [4.78, 5) is 30.4. The molecular formula is C27H30N2O7. The van der Waals surface area contributed by atoms with E-state index in [-0.39, 0.29) is 18.1 Å². The normalized spacial score (nSPS) is 20.8. The topological polar surface area (TPSA) is 97.8 Å². The third-order valence-electron chi connectivity index (χ3n) is 6.85. The van der Waals surface area contributed by atoms with E-state index in [1.54, 1.807) is 48.4 Å². The number of benzene rings is 2. The molecule has 2 fully saturated rings. The van der Waals surface area contributed by atoms with Crippen molar-refractivity contribution in [2.45, 2.75) is 25.8 Å². The summed E-state index contributed by atoms with van der Waals surface area (Å²) in [7, 11) is 1.54. The average molecular weight is 495 g/mol. The van der Waals surface area contributed by atoms with E-state index in [9.17, 15) is 14.7 Å². The van der Waals surface area contributed by atoms with Gasteiger partial charge in [-0.3, -0.25) is 9.59 Å². The van der Waals surface area contributed by atoms with Crippen molar-refractivity contribution in [3.8, 4) is 23.0 Å². The van der Waals surface area contributed by atoms with Crippen LogP contribution in [0.2, 0.25) is 0 Å². The van der Waals surface area contributed by atoms with Crippen LogP contribution in [0.5, 0.6) is 23.0 Å². The van der Waals surface area contributed by atoms with Gasteiger partial charge in [0.1, 0.15) is 5.76 Å². The number of carbonyl (C=O) groups excluding carboxylic acids is 2. The SMILES string of the molecule is CCOc1ccc(C2/C(=C(\O)c3ccc4c(c3)OCO4)C(=O)C(=O)N2CCN2CCCC2)cc1OC. The van der Waals surface area contributed by atoms with Gasteiger partial charge in [-0.15, -0.1) is 0 Å². The Balaban J connectivity index is 1.58. The van der Waals surface area contributed by atoms with Crippen LogP contribution in [0.1, 0.15) is 36.9 Å². The number of Topliss-reactive ketones (excluding diaryl/α,β-unsaturated/α-hetero) is 1. The van der Waals surface area contributed by atoms with Crippen LogP contribution in [0.25, 0.3) is 5.76 Å². The fraction of sp³-hybridized carbons (Fsp3) is 0.407. The Morgan fingerprint density at radius 1 is 1.03 bits per heavy atom. The smallest absolute Gasteiger partial charge is 0.295 e. The molecule has 0 aliphatic carbocycles. The summed E-state index contributed by atoms with van der Waals surface area (Å²) < 4.78 is 22.0. The van der Waals surface area contributed by atoms with E-state index >= 15 is 0 Å². The minimum absolute atomic E-state index is 0.0338. The zero-order valence-electron chi connectivity index (χ0n) is 20.5. The minimum Gasteiger partial charge on any atom is -0.507 e. The van der Waals surface area contributed by atoms with Crippen molar-refractivity contribution >= 4 is 17.4 Å². The molecular weight excluding hydrogens is 464 g/mol. The summed E-state index contributed by atoms with van der Waals surface area (Å²) in [5, 5.41) is 11.4. The van der Waals surface area contributed by atoms with Gasteiger partial charge in [-0.05, 0) is 68.8 Å². The van der Waals surface area contributed by atoms with Gasteiger partial charge in [-0.2, -0.15) is 0 Å². The summed E-state index contributed by atoms with van der Waals surface area (Å²) >= 11 is 0. The Hall–Kier alpha value is -3.72. The fourth-order valence-electron chi connectivity index (χ4n) is 5.04. The molecule has 0 radical (unpaired) electrons. The zero-order valence-corrected chi connectivity index (χ0v) is 20.5. The van der Waals surface area contributed by atoms with Crippen LogP contribution < -0.4 is 18.9 Å². The second-order valence-corrected chi connectivity index (χ2v) is 8.95. The number of ether oxygens (including phenoxy) is 4. The van der Waals surface area contributed by atoms with Crippen molar-refractivity contribution in [3.63, 3.8) is 0 Å². The summed E-state index contributed by atoms with van der Waals surface area (Å²) in [6, 6.07) is 9.50. The molecule has 1 unspecified atom stereocenters. The van der Waals surface area contributed by atoms with E-state index in [0.29, 0.717) is 53.8 Å². The standard InChI is InChI=1S/C27H30N2O7/c1-3-34-19-8-6-17(14-21(19)33-2)24-23(25(30)18-7-9-20-22(15-18)36-16-35-20)26(31)27(32)29(24)13-12-28-10-4-5-11-28/h6-9,14-15,24,30H,3-5,10-13,16H2,1-2H3/b25-23+. The number of hydrogen-bond acceptors (Lipinski definition) is 8. The molecule has 0 saturated carbocycles. The molecule has 190 valence electrons. The minimum atomic E-state index is -0.775. The van der Waals surface area contributed by atoms with Crippen molar-refractivity contribution in [1.82, 2.24) is 9.80 Å². The Morgan fingerprint density at radius 3 is 2.56 bits per heavy atom. The fourth-order valence-corrected chi connectivity index (χ4v) is 5.04. The number of rotatable bonds is 8. The summed E-state index contributed by atoms with van der Waals surface area (Å²) in [6.45, 7) is 5.41. The van der Waals surface area contributed by atoms with Crippen LogP contribution in [0.3, 0.4) is 0 Å². The lowest BCUT2D eigenvalue weighted by Gasteiger charge is -2.28. The van der Waals surface area contributed by atoms with Gasteiger partial charge in [0.15, 0.2) is 23.0 Å². The van der Waals surface area contributed by atoms with Crippen molar-refractivity contribution in [3.05, 3.63) is 53.1 Å². The monoisotopic (exact) mass is 494 g/mol. The largest absolute Gasteiger partial charge is 0.507 e. The average Bonchev–Trinajstić information content (AvgIpc) is 3.63. The van der Waals surface area contributed by atoms with Gasteiger partial charge < -0.3 is 33.9 Å². The van der Waals surface area contributed by atoms with Gasteiger partial charge in [0.05, 0.1) is 25.3 Å². The number of amides is 1. The molecule has 2 aromatic rings. The van der Waals surface area contributed by atoms with Crippen molar-refractivity contribution in [1.29, 1.82) is 0 Å². The molecule has 36 heavy (non-hydrogen) atoms. The Morgan fingerprint density at radius 2 is 1.81 bits per heavy atom. The van der Waals surface area contributed by atoms with Gasteiger partial charge in [0.25, 0.3) is 11.7 Å². The number of carbonyl (C=O) groups is 2. The molecule has 0 bridgehead atoms. The third kappa shape index (κ3) is 4.35. The molecule has 1 atom stereocenters. The number of ketones is 1. The third-order valence-corrected chi connectivity index (χ3v) is 6.85. The molecule has 5 rings (SSSR count). The molecule has 3 aliphatic heterocycles. The molecule has 9 heteroatoms. The van der Waals surface area contributed by atoms with Crippen LogP contribution in [0.15, 0.2) is 42.0 Å². The molecule has 2 saturated heterocycles. The van der Waals surface area contributed by atoms with E-state index in [2.05, 4.69) is 4.90 Å². The Kier molecular flexibility index (Phi) is 6.73. The maximum absolute atomic E-state index is 13.3. The van der Waals surface area contributed by atoms with Crippen LogP contribution in [0.4, 0.5) is 0 Å². The lowest BCUT2D eigenvalue weighted by molar-refractivity contribution is -0.140. The zero-order chi connectivity index (χ0) is 25.2. The maximum Gasteiger partial charge on any atom is 0.295 e. The summed E-state index contributed by atoms with van der Waals surface area (Å²) in [5.74, 6) is 0.482. The van der Waals surface area contributed by atoms with E-state index in [1.807, 2.05) is 6.92 Å². The number of aliphatic hydroxyl groups is 1. The lowest BCUT2D eigenvalue weighted by atomic mass is 9.95. The number of fused-ring (bicyclic) bond motifs is 1. The van der Waals surface area contributed by atoms with E-state index in [4.69, 9.17) is 18.9 Å². The number of likely N-dealkylation sites (tertiary alicyclic amines) is 2. The molecule has 0 spiro atoms. The van der Waals surface area contributed by atoms with Crippen LogP contribution >= 0.6 is 0 Å². The molecule has 3 heterocycles. The highest BCUT2D eigenvalue weighted by Crippen LogP contribution is 2.43. The molecule has 0 aromatic heterocycles. The van der Waals surface area contributed by atoms with E-state index in [0.717, 1.165) is 25.9 Å². The highest BCUT2D eigenvalue weighted by Gasteiger charge is 2.46. The van der Waals surface area contributed by atoms with Gasteiger partial charge in [-0.25, -0.2) is 0 Å². The first-order chi connectivity index (χ1) is 17.5. The maximum atomic E-state index is 13.3. The predicted octanol–water partition coefficient (Wildman–Crippen LogP) is 3.34. The molecule has 1 amide bonds. The van der Waals surface area contributed by atoms with Gasteiger partial charge in [0.2, 0.25) is 6.79 Å². The first-order valence-electron chi connectivity index (χ1n) is 12.2. The van der Waals surface area contributed by atoms with Crippen LogP contribution in [0, 0.1) is 0 Å². The second kappa shape index (κ2) is 10.1. The Bertz CT molecular complexity index is 1200. The lowest BCUT2D eigenvalue weighted by Crippen LogP contribution is -2.37. The van der Waals surface area contributed by atoms with E-state index < -0.39 is 17.7 Å². The second-order valence-electron chi connectivity index (χ2n) is 8.95. The van der Waals surface area contributed by atoms with Crippen LogP contribution in [-0.4, -0.2) is 73.3 Å². The molecule has 3 aliphatic rings. The molecule has 9 nitrogen and oxygen atoms in total. The van der Waals surface area contributed by atoms with Gasteiger partial charge >= 0.3 is 0 Å². The van der Waals surface area contributed by atoms with Crippen molar-refractivity contribution in [2.75, 3.05) is 46.7 Å².